The number of carbonyl (C=O) groups excluding carboxylic acids is 1. The van der Waals surface area contributed by atoms with E-state index in [1.807, 2.05) is 38.1 Å². The Labute approximate surface area is 163 Å². The smallest absolute Gasteiger partial charge is 0.257 e. The highest BCUT2D eigenvalue weighted by molar-refractivity contribution is 6.32. The van der Waals surface area contributed by atoms with Crippen LogP contribution in [0.25, 0.3) is 0 Å². The van der Waals surface area contributed by atoms with Gasteiger partial charge in [0, 0.05) is 17.6 Å². The summed E-state index contributed by atoms with van der Waals surface area (Å²) < 4.78 is 5.15. The number of anilines is 3. The first kappa shape index (κ1) is 18.7. The number of nitrogens with zero attached hydrogens (tertiary/aromatic N) is 1. The molecule has 0 atom stereocenters. The summed E-state index contributed by atoms with van der Waals surface area (Å²) in [7, 11) is 1.57. The lowest BCUT2D eigenvalue weighted by atomic mass is 10.1. The highest BCUT2D eigenvalue weighted by Crippen LogP contribution is 2.29. The molecule has 3 aromatic rings. The average Bonchev–Trinajstić information content (AvgIpc) is 2.65. The number of halogens is 1. The average molecular weight is 382 g/mol. The molecule has 0 spiro atoms. The molecule has 1 aromatic heterocycles. The van der Waals surface area contributed by atoms with Gasteiger partial charge in [-0.15, -0.1) is 0 Å². The van der Waals surface area contributed by atoms with E-state index >= 15 is 0 Å². The first-order valence-electron chi connectivity index (χ1n) is 8.41. The SMILES string of the molecule is COc1ccc(Nc2cncc(C(=O)Nc3c(C)cccc3C)c2)cc1Cl. The number of rotatable bonds is 5. The molecule has 138 valence electrons. The Balaban J connectivity index is 1.79. The van der Waals surface area contributed by atoms with Crippen molar-refractivity contribution >= 4 is 34.6 Å². The van der Waals surface area contributed by atoms with Crippen molar-refractivity contribution in [1.29, 1.82) is 0 Å². The van der Waals surface area contributed by atoms with Gasteiger partial charge in [0.1, 0.15) is 5.75 Å². The van der Waals surface area contributed by atoms with E-state index in [0.29, 0.717) is 22.0 Å². The van der Waals surface area contributed by atoms with Crippen LogP contribution in [-0.4, -0.2) is 18.0 Å². The fourth-order valence-corrected chi connectivity index (χ4v) is 3.00. The maximum Gasteiger partial charge on any atom is 0.257 e. The van der Waals surface area contributed by atoms with E-state index in [2.05, 4.69) is 15.6 Å². The van der Waals surface area contributed by atoms with Crippen LogP contribution >= 0.6 is 11.6 Å². The molecule has 27 heavy (non-hydrogen) atoms. The van der Waals surface area contributed by atoms with Crippen molar-refractivity contribution in [2.45, 2.75) is 13.8 Å². The van der Waals surface area contributed by atoms with Gasteiger partial charge in [-0.3, -0.25) is 9.78 Å². The molecule has 0 radical (unpaired) electrons. The van der Waals surface area contributed by atoms with Crippen molar-refractivity contribution in [2.75, 3.05) is 17.7 Å². The number of pyridine rings is 1. The number of ether oxygens (including phenoxy) is 1. The lowest BCUT2D eigenvalue weighted by molar-refractivity contribution is 0.102. The molecule has 0 bridgehead atoms. The van der Waals surface area contributed by atoms with Gasteiger partial charge in [0.2, 0.25) is 0 Å². The van der Waals surface area contributed by atoms with Crippen LogP contribution in [0.4, 0.5) is 17.1 Å². The first-order chi connectivity index (χ1) is 13.0. The molecule has 2 aromatic carbocycles. The number of carbonyl (C=O) groups is 1. The van der Waals surface area contributed by atoms with Gasteiger partial charge in [-0.05, 0) is 49.2 Å². The van der Waals surface area contributed by atoms with Gasteiger partial charge < -0.3 is 15.4 Å². The third-order valence-electron chi connectivity index (χ3n) is 4.16. The monoisotopic (exact) mass is 381 g/mol. The first-order valence-corrected chi connectivity index (χ1v) is 8.79. The van der Waals surface area contributed by atoms with E-state index in [-0.39, 0.29) is 5.91 Å². The predicted octanol–water partition coefficient (Wildman–Crippen LogP) is 5.36. The molecule has 0 fully saturated rings. The predicted molar refractivity (Wildman–Crippen MR) is 109 cm³/mol. The highest BCUT2D eigenvalue weighted by atomic mass is 35.5. The maximum absolute atomic E-state index is 12.6. The van der Waals surface area contributed by atoms with E-state index in [1.165, 1.54) is 6.20 Å². The Bertz CT molecular complexity index is 969. The number of nitrogens with one attached hydrogen (secondary N) is 2. The number of hydrogen-bond acceptors (Lipinski definition) is 4. The van der Waals surface area contributed by atoms with E-state index < -0.39 is 0 Å². The molecule has 1 heterocycles. The van der Waals surface area contributed by atoms with Crippen LogP contribution in [0, 0.1) is 13.8 Å². The molecular weight excluding hydrogens is 362 g/mol. The van der Waals surface area contributed by atoms with Gasteiger partial charge in [-0.25, -0.2) is 0 Å². The van der Waals surface area contributed by atoms with E-state index in [1.54, 1.807) is 31.5 Å². The lowest BCUT2D eigenvalue weighted by Crippen LogP contribution is -2.14. The number of hydrogen-bond donors (Lipinski definition) is 2. The van der Waals surface area contributed by atoms with Gasteiger partial charge in [-0.2, -0.15) is 0 Å². The standard InChI is InChI=1S/C21H20ClN3O2/c1-13-5-4-6-14(2)20(13)25-21(26)15-9-17(12-23-11-15)24-16-7-8-19(27-3)18(22)10-16/h4-12,24H,1-3H3,(H,25,26). The number of aryl methyl sites for hydroxylation is 2. The summed E-state index contributed by atoms with van der Waals surface area (Å²) >= 11 is 6.15. The summed E-state index contributed by atoms with van der Waals surface area (Å²) in [5, 5.41) is 6.66. The lowest BCUT2D eigenvalue weighted by Gasteiger charge is -2.12. The van der Waals surface area contributed by atoms with E-state index in [0.717, 1.165) is 22.5 Å². The molecule has 0 aliphatic carbocycles. The van der Waals surface area contributed by atoms with Crippen molar-refractivity contribution in [3.05, 3.63) is 76.6 Å². The van der Waals surface area contributed by atoms with Crippen LogP contribution in [-0.2, 0) is 0 Å². The Morgan fingerprint density at radius 1 is 1.04 bits per heavy atom. The van der Waals surface area contributed by atoms with Crippen molar-refractivity contribution < 1.29 is 9.53 Å². The molecule has 0 unspecified atom stereocenters. The van der Waals surface area contributed by atoms with Crippen molar-refractivity contribution in [1.82, 2.24) is 4.98 Å². The maximum atomic E-state index is 12.6. The molecule has 0 saturated carbocycles. The second-order valence-electron chi connectivity index (χ2n) is 6.16. The second-order valence-corrected chi connectivity index (χ2v) is 6.56. The summed E-state index contributed by atoms with van der Waals surface area (Å²) in [5.41, 5.74) is 4.77. The second kappa shape index (κ2) is 8.10. The number of methoxy groups -OCH3 is 1. The Hall–Kier alpha value is -3.05. The summed E-state index contributed by atoms with van der Waals surface area (Å²) in [4.78, 5) is 16.8. The van der Waals surface area contributed by atoms with Gasteiger partial charge in [0.05, 0.1) is 29.6 Å². The largest absolute Gasteiger partial charge is 0.495 e. The molecule has 3 rings (SSSR count). The number of para-hydroxylation sites is 1. The van der Waals surface area contributed by atoms with Crippen LogP contribution < -0.4 is 15.4 Å². The Kier molecular flexibility index (Phi) is 5.62. The fourth-order valence-electron chi connectivity index (χ4n) is 2.74. The quantitative estimate of drug-likeness (QED) is 0.624. The van der Waals surface area contributed by atoms with Crippen molar-refractivity contribution in [2.24, 2.45) is 0 Å². The summed E-state index contributed by atoms with van der Waals surface area (Å²) in [6, 6.07) is 13.0. The van der Waals surface area contributed by atoms with Gasteiger partial charge >= 0.3 is 0 Å². The normalized spacial score (nSPS) is 10.4. The highest BCUT2D eigenvalue weighted by Gasteiger charge is 2.11. The summed E-state index contributed by atoms with van der Waals surface area (Å²) in [5.74, 6) is 0.387. The molecule has 0 aliphatic rings. The van der Waals surface area contributed by atoms with Gasteiger partial charge in [0.15, 0.2) is 0 Å². The van der Waals surface area contributed by atoms with Crippen LogP contribution in [0.3, 0.4) is 0 Å². The van der Waals surface area contributed by atoms with Crippen LogP contribution in [0.5, 0.6) is 5.75 Å². The summed E-state index contributed by atoms with van der Waals surface area (Å²) in [6.07, 6.45) is 3.18. The summed E-state index contributed by atoms with van der Waals surface area (Å²) in [6.45, 7) is 3.93. The Morgan fingerprint density at radius 3 is 2.44 bits per heavy atom. The zero-order chi connectivity index (χ0) is 19.4. The molecule has 6 heteroatoms. The van der Waals surface area contributed by atoms with Crippen LogP contribution in [0.2, 0.25) is 5.02 Å². The van der Waals surface area contributed by atoms with E-state index in [4.69, 9.17) is 16.3 Å². The number of amides is 1. The number of aromatic nitrogens is 1. The zero-order valence-electron chi connectivity index (χ0n) is 15.3. The van der Waals surface area contributed by atoms with Gasteiger partial charge in [-0.1, -0.05) is 29.8 Å². The van der Waals surface area contributed by atoms with Crippen molar-refractivity contribution in [3.63, 3.8) is 0 Å². The Morgan fingerprint density at radius 2 is 1.78 bits per heavy atom. The van der Waals surface area contributed by atoms with Crippen LogP contribution in [0.15, 0.2) is 54.9 Å². The van der Waals surface area contributed by atoms with Crippen LogP contribution in [0.1, 0.15) is 21.5 Å². The van der Waals surface area contributed by atoms with Crippen molar-refractivity contribution in [3.8, 4) is 5.75 Å². The molecule has 5 nitrogen and oxygen atoms in total. The molecule has 0 aliphatic heterocycles. The molecule has 1 amide bonds. The molecule has 0 saturated heterocycles. The topological polar surface area (TPSA) is 63.2 Å². The minimum Gasteiger partial charge on any atom is -0.495 e. The minimum atomic E-state index is -0.212. The molecule has 2 N–H and O–H groups in total. The van der Waals surface area contributed by atoms with E-state index in [9.17, 15) is 4.79 Å². The third kappa shape index (κ3) is 4.38. The number of benzene rings is 2. The minimum absolute atomic E-state index is 0.212. The zero-order valence-corrected chi connectivity index (χ0v) is 16.1. The third-order valence-corrected chi connectivity index (χ3v) is 4.46. The van der Waals surface area contributed by atoms with Gasteiger partial charge in [0.25, 0.3) is 5.91 Å². The molecular formula is C21H20ClN3O2. The fraction of sp³-hybridized carbons (Fsp3) is 0.143.